The van der Waals surface area contributed by atoms with E-state index in [1.807, 2.05) is 74.2 Å². The molecule has 1 saturated heterocycles. The fourth-order valence-electron chi connectivity index (χ4n) is 3.43. The van der Waals surface area contributed by atoms with Crippen LogP contribution in [0.1, 0.15) is 50.1 Å². The largest absolute Gasteiger partial charge is 0.444 e. The molecule has 0 saturated carbocycles. The number of nitrogens with zero attached hydrogens (tertiary/aromatic N) is 2. The molecule has 1 aliphatic rings. The quantitative estimate of drug-likeness (QED) is 0.711. The SMILES string of the molecule is CSc1ccc(NC(=O)c2cccn2C2CCN(C(=O)OC(C)(C)C)CC2)cc1. The van der Waals surface area contributed by atoms with Crippen molar-refractivity contribution in [3.63, 3.8) is 0 Å². The van der Waals surface area contributed by atoms with E-state index in [-0.39, 0.29) is 18.0 Å². The summed E-state index contributed by atoms with van der Waals surface area (Å²) in [4.78, 5) is 28.0. The number of ether oxygens (including phenoxy) is 1. The number of amides is 2. The molecule has 1 aliphatic heterocycles. The fourth-order valence-corrected chi connectivity index (χ4v) is 3.84. The van der Waals surface area contributed by atoms with Crippen LogP contribution < -0.4 is 5.32 Å². The normalized spacial score (nSPS) is 15.2. The molecule has 0 aliphatic carbocycles. The summed E-state index contributed by atoms with van der Waals surface area (Å²) >= 11 is 1.67. The van der Waals surface area contributed by atoms with Gasteiger partial charge >= 0.3 is 6.09 Å². The minimum absolute atomic E-state index is 0.124. The molecule has 6 nitrogen and oxygen atoms in total. The van der Waals surface area contributed by atoms with Crippen molar-refractivity contribution in [1.29, 1.82) is 0 Å². The molecule has 3 rings (SSSR count). The van der Waals surface area contributed by atoms with E-state index >= 15 is 0 Å². The van der Waals surface area contributed by atoms with Crippen LogP contribution in [0.15, 0.2) is 47.5 Å². The summed E-state index contributed by atoms with van der Waals surface area (Å²) in [5.41, 5.74) is 0.920. The smallest absolute Gasteiger partial charge is 0.410 e. The second kappa shape index (κ2) is 8.95. The number of carbonyl (C=O) groups is 2. The van der Waals surface area contributed by atoms with E-state index in [1.165, 1.54) is 0 Å². The van der Waals surface area contributed by atoms with Gasteiger partial charge in [0.05, 0.1) is 0 Å². The van der Waals surface area contributed by atoms with Crippen LogP contribution in [0.3, 0.4) is 0 Å². The van der Waals surface area contributed by atoms with Crippen LogP contribution in [-0.2, 0) is 4.74 Å². The van der Waals surface area contributed by atoms with Crippen LogP contribution in [0.5, 0.6) is 0 Å². The van der Waals surface area contributed by atoms with E-state index in [9.17, 15) is 9.59 Å². The Morgan fingerprint density at radius 2 is 1.76 bits per heavy atom. The number of hydrogen-bond acceptors (Lipinski definition) is 4. The van der Waals surface area contributed by atoms with Gasteiger partial charge in [-0.1, -0.05) is 0 Å². The number of aromatic nitrogens is 1. The van der Waals surface area contributed by atoms with Gasteiger partial charge in [-0.25, -0.2) is 4.79 Å². The Bertz CT molecular complexity index is 847. The minimum Gasteiger partial charge on any atom is -0.444 e. The highest BCUT2D eigenvalue weighted by Crippen LogP contribution is 2.26. The van der Waals surface area contributed by atoms with Crippen LogP contribution in [0, 0.1) is 0 Å². The number of benzene rings is 1. The van der Waals surface area contributed by atoms with Crippen molar-refractivity contribution in [1.82, 2.24) is 9.47 Å². The number of anilines is 1. The van der Waals surface area contributed by atoms with Gasteiger partial charge in [0, 0.05) is 35.9 Å². The minimum atomic E-state index is -0.492. The van der Waals surface area contributed by atoms with E-state index in [1.54, 1.807) is 16.7 Å². The molecule has 0 radical (unpaired) electrons. The Balaban J connectivity index is 1.61. The lowest BCUT2D eigenvalue weighted by atomic mass is 10.0. The third-order valence-electron chi connectivity index (χ3n) is 4.87. The lowest BCUT2D eigenvalue weighted by Gasteiger charge is -2.34. The highest BCUT2D eigenvalue weighted by atomic mass is 32.2. The summed E-state index contributed by atoms with van der Waals surface area (Å²) in [7, 11) is 0. The van der Waals surface area contributed by atoms with Crippen LogP contribution in [0.25, 0.3) is 0 Å². The first-order valence-corrected chi connectivity index (χ1v) is 11.1. The lowest BCUT2D eigenvalue weighted by molar-refractivity contribution is 0.0187. The van der Waals surface area contributed by atoms with Gasteiger partial charge in [0.2, 0.25) is 0 Å². The zero-order valence-electron chi connectivity index (χ0n) is 17.5. The Morgan fingerprint density at radius 1 is 1.10 bits per heavy atom. The maximum atomic E-state index is 12.8. The van der Waals surface area contributed by atoms with Crippen molar-refractivity contribution < 1.29 is 14.3 Å². The van der Waals surface area contributed by atoms with Gasteiger partial charge in [-0.3, -0.25) is 4.79 Å². The predicted molar refractivity (Wildman–Crippen MR) is 117 cm³/mol. The molecule has 2 heterocycles. The van der Waals surface area contributed by atoms with Crippen LogP contribution in [0.2, 0.25) is 0 Å². The van der Waals surface area contributed by atoms with Crippen molar-refractivity contribution in [2.75, 3.05) is 24.7 Å². The number of nitrogens with one attached hydrogen (secondary N) is 1. The summed E-state index contributed by atoms with van der Waals surface area (Å²) < 4.78 is 7.49. The summed E-state index contributed by atoms with van der Waals surface area (Å²) in [6.07, 6.45) is 5.27. The van der Waals surface area contributed by atoms with Gasteiger partial charge < -0.3 is 19.5 Å². The molecule has 0 atom stereocenters. The fraction of sp³-hybridized carbons (Fsp3) is 0.455. The monoisotopic (exact) mass is 415 g/mol. The van der Waals surface area contributed by atoms with Crippen LogP contribution in [0.4, 0.5) is 10.5 Å². The van der Waals surface area contributed by atoms with Gasteiger partial charge in [-0.15, -0.1) is 11.8 Å². The molecule has 7 heteroatoms. The molecule has 2 aromatic rings. The Labute approximate surface area is 176 Å². The zero-order chi connectivity index (χ0) is 21.0. The number of carbonyl (C=O) groups excluding carboxylic acids is 2. The molecular formula is C22H29N3O3S. The molecule has 2 amide bonds. The number of thioether (sulfide) groups is 1. The van der Waals surface area contributed by atoms with Crippen molar-refractivity contribution in [3.8, 4) is 0 Å². The number of likely N-dealkylation sites (tertiary alicyclic amines) is 1. The van der Waals surface area contributed by atoms with Gasteiger partial charge in [0.15, 0.2) is 0 Å². The summed E-state index contributed by atoms with van der Waals surface area (Å²) in [6, 6.07) is 11.7. The molecule has 1 N–H and O–H groups in total. The van der Waals surface area contributed by atoms with Crippen molar-refractivity contribution in [2.24, 2.45) is 0 Å². The van der Waals surface area contributed by atoms with Gasteiger partial charge in [0.25, 0.3) is 5.91 Å². The predicted octanol–water partition coefficient (Wildman–Crippen LogP) is 5.03. The Kier molecular flexibility index (Phi) is 6.57. The maximum absolute atomic E-state index is 12.8. The Morgan fingerprint density at radius 3 is 2.34 bits per heavy atom. The summed E-state index contributed by atoms with van der Waals surface area (Å²) in [6.45, 7) is 6.86. The second-order valence-electron chi connectivity index (χ2n) is 8.18. The first-order chi connectivity index (χ1) is 13.8. The second-order valence-corrected chi connectivity index (χ2v) is 9.06. The topological polar surface area (TPSA) is 63.6 Å². The molecule has 0 spiro atoms. The standard InChI is InChI=1S/C22H29N3O3S/c1-22(2,3)28-21(27)24-14-11-17(12-15-24)25-13-5-6-19(25)20(26)23-16-7-9-18(29-4)10-8-16/h5-10,13,17H,11-12,14-15H2,1-4H3,(H,23,26). The van der Waals surface area contributed by atoms with Crippen LogP contribution >= 0.6 is 11.8 Å². The molecule has 1 aromatic heterocycles. The molecule has 0 bridgehead atoms. The first kappa shape index (κ1) is 21.3. The van der Waals surface area contributed by atoms with Crippen molar-refractivity contribution in [2.45, 2.75) is 50.2 Å². The van der Waals surface area contributed by atoms with E-state index in [0.29, 0.717) is 18.8 Å². The molecule has 29 heavy (non-hydrogen) atoms. The van der Waals surface area contributed by atoms with Gasteiger partial charge in [0.1, 0.15) is 11.3 Å². The number of hydrogen-bond donors (Lipinski definition) is 1. The Hall–Kier alpha value is -2.41. The average Bonchev–Trinajstić information content (AvgIpc) is 3.17. The van der Waals surface area contributed by atoms with E-state index in [4.69, 9.17) is 4.74 Å². The third-order valence-corrected chi connectivity index (χ3v) is 5.61. The molecule has 156 valence electrons. The van der Waals surface area contributed by atoms with Crippen molar-refractivity contribution in [3.05, 3.63) is 48.3 Å². The van der Waals surface area contributed by atoms with E-state index in [2.05, 4.69) is 5.32 Å². The lowest BCUT2D eigenvalue weighted by Crippen LogP contribution is -2.42. The highest BCUT2D eigenvalue weighted by molar-refractivity contribution is 7.98. The van der Waals surface area contributed by atoms with Crippen LogP contribution in [-0.4, -0.2) is 46.4 Å². The molecule has 1 fully saturated rings. The van der Waals surface area contributed by atoms with Gasteiger partial charge in [-0.05, 0) is 76.3 Å². The van der Waals surface area contributed by atoms with E-state index < -0.39 is 5.60 Å². The summed E-state index contributed by atoms with van der Waals surface area (Å²) in [5.74, 6) is -0.124. The zero-order valence-corrected chi connectivity index (χ0v) is 18.3. The molecule has 1 aromatic carbocycles. The van der Waals surface area contributed by atoms with E-state index in [0.717, 1.165) is 23.4 Å². The van der Waals surface area contributed by atoms with Crippen molar-refractivity contribution >= 4 is 29.4 Å². The van der Waals surface area contributed by atoms with Gasteiger partial charge in [-0.2, -0.15) is 0 Å². The number of rotatable bonds is 4. The summed E-state index contributed by atoms with van der Waals surface area (Å²) in [5, 5.41) is 2.97. The molecule has 0 unspecified atom stereocenters. The number of piperidine rings is 1. The first-order valence-electron chi connectivity index (χ1n) is 9.87. The third kappa shape index (κ3) is 5.56. The maximum Gasteiger partial charge on any atom is 0.410 e. The molecular weight excluding hydrogens is 386 g/mol. The average molecular weight is 416 g/mol. The highest BCUT2D eigenvalue weighted by Gasteiger charge is 2.28.